The first-order valence-electron chi connectivity index (χ1n) is 10.0. The summed E-state index contributed by atoms with van der Waals surface area (Å²) in [5, 5.41) is 3.64. The minimum atomic E-state index is -0.372. The van der Waals surface area contributed by atoms with Crippen LogP contribution in [-0.2, 0) is 4.74 Å². The SMILES string of the molecule is Cc1ccc(NC(=O)OC2C[C@H]3CC[C@@H](C2)[N+]3(C)C)c(-c2cccc(Cl)c2)c1.[Br-]. The van der Waals surface area contributed by atoms with Gasteiger partial charge in [0.15, 0.2) is 0 Å². The van der Waals surface area contributed by atoms with E-state index in [9.17, 15) is 4.79 Å². The topological polar surface area (TPSA) is 38.3 Å². The average Bonchev–Trinajstić information content (AvgIpc) is 2.81. The highest BCUT2D eigenvalue weighted by Crippen LogP contribution is 2.40. The summed E-state index contributed by atoms with van der Waals surface area (Å²) in [4.78, 5) is 12.6. The van der Waals surface area contributed by atoms with Crippen molar-refractivity contribution in [1.82, 2.24) is 0 Å². The number of piperidine rings is 1. The fraction of sp³-hybridized carbons (Fsp3) is 0.435. The monoisotopic (exact) mass is 478 g/mol. The van der Waals surface area contributed by atoms with Crippen molar-refractivity contribution in [2.45, 2.75) is 50.8 Å². The lowest BCUT2D eigenvalue weighted by molar-refractivity contribution is -0.931. The molecular weight excluding hydrogens is 452 g/mol. The lowest BCUT2D eigenvalue weighted by Crippen LogP contribution is -3.00. The van der Waals surface area contributed by atoms with E-state index >= 15 is 0 Å². The molecule has 1 N–H and O–H groups in total. The number of nitrogens with one attached hydrogen (secondary N) is 1. The van der Waals surface area contributed by atoms with Crippen LogP contribution < -0.4 is 22.3 Å². The Kier molecular flexibility index (Phi) is 6.61. The van der Waals surface area contributed by atoms with Gasteiger partial charge in [-0.3, -0.25) is 5.32 Å². The minimum Gasteiger partial charge on any atom is -1.00 e. The Hall–Kier alpha value is -1.56. The van der Waals surface area contributed by atoms with Crippen LogP contribution in [0, 0.1) is 6.92 Å². The molecule has 2 aliphatic heterocycles. The highest BCUT2D eigenvalue weighted by Gasteiger charge is 2.49. The quantitative estimate of drug-likeness (QED) is 0.688. The summed E-state index contributed by atoms with van der Waals surface area (Å²) in [7, 11) is 4.62. The Morgan fingerprint density at radius 1 is 1.10 bits per heavy atom. The molecular formula is C23H28BrClN2O2. The minimum absolute atomic E-state index is 0. The maximum absolute atomic E-state index is 12.6. The predicted octanol–water partition coefficient (Wildman–Crippen LogP) is 2.64. The zero-order chi connectivity index (χ0) is 19.9. The number of nitrogens with zero attached hydrogens (tertiary/aromatic N) is 1. The number of aryl methyl sites for hydroxylation is 1. The summed E-state index contributed by atoms with van der Waals surface area (Å²) in [5.74, 6) is 0. The van der Waals surface area contributed by atoms with Gasteiger partial charge in [-0.05, 0) is 36.8 Å². The maximum Gasteiger partial charge on any atom is 0.411 e. The number of hydrogen-bond donors (Lipinski definition) is 1. The smallest absolute Gasteiger partial charge is 0.411 e. The molecule has 2 heterocycles. The van der Waals surface area contributed by atoms with Crippen molar-refractivity contribution in [1.29, 1.82) is 0 Å². The molecule has 0 aromatic heterocycles. The number of benzene rings is 2. The highest BCUT2D eigenvalue weighted by atomic mass is 79.9. The van der Waals surface area contributed by atoms with Crippen molar-refractivity contribution in [3.05, 3.63) is 53.1 Å². The van der Waals surface area contributed by atoms with Gasteiger partial charge in [-0.25, -0.2) is 4.79 Å². The van der Waals surface area contributed by atoms with E-state index < -0.39 is 0 Å². The molecule has 0 radical (unpaired) electrons. The standard InChI is InChI=1S/C23H27ClN2O2.BrH/c1-15-7-10-22(21(11-15)16-5-4-6-17(24)12-16)25-23(27)28-20-13-18-8-9-19(14-20)26(18,2)3;/h4-7,10-12,18-20H,8-9,13-14H2,1-3H3;1H/t18-,19+,20?;. The van der Waals surface area contributed by atoms with Gasteiger partial charge in [-0.1, -0.05) is 35.4 Å². The van der Waals surface area contributed by atoms with E-state index in [2.05, 4.69) is 25.5 Å². The van der Waals surface area contributed by atoms with Crippen LogP contribution >= 0.6 is 11.6 Å². The Balaban J connectivity index is 0.00000240. The van der Waals surface area contributed by atoms with E-state index in [4.69, 9.17) is 16.3 Å². The van der Waals surface area contributed by atoms with Gasteiger partial charge in [0.2, 0.25) is 0 Å². The molecule has 2 fully saturated rings. The van der Waals surface area contributed by atoms with E-state index in [1.54, 1.807) is 0 Å². The maximum atomic E-state index is 12.6. The average molecular weight is 480 g/mol. The molecule has 0 saturated carbocycles. The van der Waals surface area contributed by atoms with E-state index in [-0.39, 0.29) is 29.2 Å². The molecule has 2 aromatic rings. The number of hydrogen-bond acceptors (Lipinski definition) is 2. The van der Waals surface area contributed by atoms with Gasteiger partial charge in [-0.15, -0.1) is 0 Å². The molecule has 6 heteroatoms. The molecule has 3 atom stereocenters. The van der Waals surface area contributed by atoms with E-state index in [0.29, 0.717) is 17.1 Å². The third-order valence-electron chi connectivity index (χ3n) is 6.61. The number of carbonyl (C=O) groups is 1. The number of quaternary nitrogens is 1. The molecule has 2 aromatic carbocycles. The fourth-order valence-electron chi connectivity index (χ4n) is 4.88. The molecule has 2 bridgehead atoms. The van der Waals surface area contributed by atoms with Crippen molar-refractivity contribution in [2.75, 3.05) is 19.4 Å². The van der Waals surface area contributed by atoms with E-state index in [1.165, 1.54) is 12.8 Å². The summed E-state index contributed by atoms with van der Waals surface area (Å²) in [6.07, 6.45) is 4.00. The molecule has 29 heavy (non-hydrogen) atoms. The largest absolute Gasteiger partial charge is 1.00 e. The van der Waals surface area contributed by atoms with Gasteiger partial charge in [0, 0.05) is 36.3 Å². The summed E-state index contributed by atoms with van der Waals surface area (Å²) in [5.41, 5.74) is 3.78. The van der Waals surface area contributed by atoms with Crippen LogP contribution in [0.5, 0.6) is 0 Å². The number of rotatable bonds is 3. The Labute approximate surface area is 188 Å². The van der Waals surface area contributed by atoms with Crippen molar-refractivity contribution in [2.24, 2.45) is 0 Å². The summed E-state index contributed by atoms with van der Waals surface area (Å²) >= 11 is 6.16. The van der Waals surface area contributed by atoms with Crippen molar-refractivity contribution < 1.29 is 31.0 Å². The normalized spacial score (nSPS) is 24.5. The second-order valence-electron chi connectivity index (χ2n) is 8.70. The van der Waals surface area contributed by atoms with Gasteiger partial charge >= 0.3 is 6.09 Å². The predicted molar refractivity (Wildman–Crippen MR) is 114 cm³/mol. The zero-order valence-electron chi connectivity index (χ0n) is 17.1. The Morgan fingerprint density at radius 3 is 2.45 bits per heavy atom. The second kappa shape index (κ2) is 8.66. The van der Waals surface area contributed by atoms with Crippen LogP contribution in [0.4, 0.5) is 10.5 Å². The second-order valence-corrected chi connectivity index (χ2v) is 9.13. The van der Waals surface area contributed by atoms with Gasteiger partial charge in [0.25, 0.3) is 0 Å². The van der Waals surface area contributed by atoms with Crippen LogP contribution in [0.25, 0.3) is 11.1 Å². The molecule has 2 saturated heterocycles. The number of amides is 1. The molecule has 0 spiro atoms. The first-order valence-corrected chi connectivity index (χ1v) is 10.4. The molecule has 0 aliphatic carbocycles. The molecule has 1 amide bonds. The first-order chi connectivity index (χ1) is 13.3. The van der Waals surface area contributed by atoms with Crippen LogP contribution in [0.2, 0.25) is 5.02 Å². The Bertz CT molecular complexity index is 886. The molecule has 4 rings (SSSR count). The van der Waals surface area contributed by atoms with Gasteiger partial charge in [0.1, 0.15) is 6.10 Å². The van der Waals surface area contributed by atoms with Crippen molar-refractivity contribution >= 4 is 23.4 Å². The highest BCUT2D eigenvalue weighted by molar-refractivity contribution is 6.30. The van der Waals surface area contributed by atoms with Crippen molar-refractivity contribution in [3.8, 4) is 11.1 Å². The lowest BCUT2D eigenvalue weighted by atomic mass is 9.98. The van der Waals surface area contributed by atoms with Crippen LogP contribution in [0.15, 0.2) is 42.5 Å². The zero-order valence-corrected chi connectivity index (χ0v) is 19.5. The molecule has 156 valence electrons. The Morgan fingerprint density at radius 2 is 1.79 bits per heavy atom. The van der Waals surface area contributed by atoms with Crippen LogP contribution in [-0.4, -0.2) is 42.9 Å². The van der Waals surface area contributed by atoms with Gasteiger partial charge in [0.05, 0.1) is 31.9 Å². The number of carbonyl (C=O) groups excluding carboxylic acids is 1. The summed E-state index contributed by atoms with van der Waals surface area (Å²) in [6.45, 7) is 2.04. The van der Waals surface area contributed by atoms with E-state index in [0.717, 1.165) is 39.7 Å². The number of fused-ring (bicyclic) bond motifs is 2. The number of halogens is 2. The lowest BCUT2D eigenvalue weighted by Gasteiger charge is -2.43. The molecule has 4 nitrogen and oxygen atoms in total. The molecule has 2 aliphatic rings. The third-order valence-corrected chi connectivity index (χ3v) is 6.84. The van der Waals surface area contributed by atoms with Gasteiger partial charge < -0.3 is 26.2 Å². The summed E-state index contributed by atoms with van der Waals surface area (Å²) in [6, 6.07) is 14.8. The first kappa shape index (κ1) is 22.1. The number of ether oxygens (including phenoxy) is 1. The van der Waals surface area contributed by atoms with Crippen molar-refractivity contribution in [3.63, 3.8) is 0 Å². The fourth-order valence-corrected chi connectivity index (χ4v) is 5.07. The third kappa shape index (κ3) is 4.62. The number of anilines is 1. The van der Waals surface area contributed by atoms with Gasteiger partial charge in [-0.2, -0.15) is 0 Å². The van der Waals surface area contributed by atoms with Crippen LogP contribution in [0.1, 0.15) is 31.2 Å². The summed E-state index contributed by atoms with van der Waals surface area (Å²) < 4.78 is 6.90. The van der Waals surface area contributed by atoms with Crippen LogP contribution in [0.3, 0.4) is 0 Å². The molecule has 1 unspecified atom stereocenters. The van der Waals surface area contributed by atoms with E-state index in [1.807, 2.05) is 43.3 Å².